The van der Waals surface area contributed by atoms with Crippen LogP contribution in [-0.4, -0.2) is 64.3 Å². The summed E-state index contributed by atoms with van der Waals surface area (Å²) < 4.78 is 10.6. The van der Waals surface area contributed by atoms with Crippen LogP contribution >= 0.6 is 0 Å². The van der Waals surface area contributed by atoms with E-state index in [4.69, 9.17) is 14.6 Å². The van der Waals surface area contributed by atoms with Crippen molar-refractivity contribution in [3.8, 4) is 0 Å². The molecule has 0 bridgehead atoms. The van der Waals surface area contributed by atoms with Crippen LogP contribution in [0, 0.1) is 0 Å². The van der Waals surface area contributed by atoms with E-state index in [1.165, 1.54) is 13.2 Å². The fourth-order valence-electron chi connectivity index (χ4n) is 2.13. The van der Waals surface area contributed by atoms with E-state index < -0.39 is 36.8 Å². The Kier molecular flexibility index (Phi) is 5.03. The van der Waals surface area contributed by atoms with Crippen LogP contribution < -0.4 is 0 Å². The Morgan fingerprint density at radius 2 is 2.00 bits per heavy atom. The van der Waals surface area contributed by atoms with Gasteiger partial charge in [0.25, 0.3) is 0 Å². The van der Waals surface area contributed by atoms with Gasteiger partial charge in [-0.15, -0.1) is 0 Å². The fourth-order valence-corrected chi connectivity index (χ4v) is 2.13. The van der Waals surface area contributed by atoms with Crippen molar-refractivity contribution in [1.29, 1.82) is 0 Å². The number of allylic oxidation sites excluding steroid dienone is 1. The third-order valence-corrected chi connectivity index (χ3v) is 3.19. The number of aliphatic hydroxyl groups is 4. The molecule has 0 spiro atoms. The molecule has 18 heavy (non-hydrogen) atoms. The fraction of sp³-hybridized carbons (Fsp3) is 0.667. The van der Waals surface area contributed by atoms with Gasteiger partial charge in [-0.05, 0) is 6.92 Å². The van der Waals surface area contributed by atoms with Crippen molar-refractivity contribution >= 4 is 0 Å². The molecular weight excluding hydrogens is 240 g/mol. The zero-order valence-corrected chi connectivity index (χ0v) is 10.5. The minimum atomic E-state index is -1.65. The number of aliphatic hydroxyl groups excluding tert-OH is 4. The minimum absolute atomic E-state index is 0.405. The topological polar surface area (TPSA) is 99.4 Å². The smallest absolute Gasteiger partial charge is 0.224 e. The van der Waals surface area contributed by atoms with Crippen LogP contribution in [0.1, 0.15) is 6.92 Å². The maximum Gasteiger partial charge on any atom is 0.224 e. The molecule has 1 rings (SSSR count). The molecule has 0 amide bonds. The van der Waals surface area contributed by atoms with E-state index in [-0.39, 0.29) is 0 Å². The highest BCUT2D eigenvalue weighted by molar-refractivity contribution is 5.28. The molecule has 1 aliphatic rings. The SMILES string of the molecule is C=C/C(=C\C)[C@]1(OC)O[C@H](CO)[C@@H](O)[C@H](O)[C@H]1O. The second-order valence-electron chi connectivity index (χ2n) is 4.08. The summed E-state index contributed by atoms with van der Waals surface area (Å²) in [5.74, 6) is -1.65. The third-order valence-electron chi connectivity index (χ3n) is 3.19. The highest BCUT2D eigenvalue weighted by Gasteiger charge is 2.55. The lowest BCUT2D eigenvalue weighted by molar-refractivity contribution is -0.338. The van der Waals surface area contributed by atoms with Gasteiger partial charge >= 0.3 is 0 Å². The number of methoxy groups -OCH3 is 1. The van der Waals surface area contributed by atoms with E-state index in [9.17, 15) is 15.3 Å². The largest absolute Gasteiger partial charge is 0.394 e. The van der Waals surface area contributed by atoms with Crippen LogP contribution in [0.15, 0.2) is 24.3 Å². The van der Waals surface area contributed by atoms with Crippen LogP contribution in [0.3, 0.4) is 0 Å². The van der Waals surface area contributed by atoms with Crippen molar-refractivity contribution in [1.82, 2.24) is 0 Å². The zero-order valence-electron chi connectivity index (χ0n) is 10.5. The van der Waals surface area contributed by atoms with Gasteiger partial charge in [0, 0.05) is 12.7 Å². The first-order valence-electron chi connectivity index (χ1n) is 5.65. The zero-order chi connectivity index (χ0) is 13.9. The number of hydrogen-bond donors (Lipinski definition) is 4. The Morgan fingerprint density at radius 3 is 2.39 bits per heavy atom. The second kappa shape index (κ2) is 5.92. The van der Waals surface area contributed by atoms with Crippen LogP contribution in [0.5, 0.6) is 0 Å². The molecule has 5 atom stereocenters. The first-order chi connectivity index (χ1) is 8.48. The lowest BCUT2D eigenvalue weighted by Crippen LogP contribution is -2.66. The molecule has 1 saturated heterocycles. The van der Waals surface area contributed by atoms with Gasteiger partial charge in [-0.1, -0.05) is 18.7 Å². The molecule has 0 aromatic heterocycles. The van der Waals surface area contributed by atoms with Crippen molar-refractivity contribution < 1.29 is 29.9 Å². The molecule has 1 fully saturated rings. The summed E-state index contributed by atoms with van der Waals surface area (Å²) in [6.07, 6.45) is -2.41. The summed E-state index contributed by atoms with van der Waals surface area (Å²) in [7, 11) is 1.30. The molecular formula is C12H20O6. The first kappa shape index (κ1) is 15.3. The van der Waals surface area contributed by atoms with Crippen molar-refractivity contribution in [3.05, 3.63) is 24.3 Å². The monoisotopic (exact) mass is 260 g/mol. The van der Waals surface area contributed by atoms with Crippen molar-refractivity contribution in [2.45, 2.75) is 37.1 Å². The summed E-state index contributed by atoms with van der Waals surface area (Å²) in [5, 5.41) is 38.7. The van der Waals surface area contributed by atoms with Crippen molar-refractivity contribution in [3.63, 3.8) is 0 Å². The van der Waals surface area contributed by atoms with Crippen molar-refractivity contribution in [2.75, 3.05) is 13.7 Å². The van der Waals surface area contributed by atoms with Gasteiger partial charge < -0.3 is 29.9 Å². The molecule has 104 valence electrons. The standard InChI is InChI=1S/C12H20O6/c1-4-7(5-2)12(17-3)11(16)10(15)9(14)8(6-13)18-12/h4-5,8-11,13-16H,1,6H2,2-3H3/b7-5+/t8-,9-,10+,11-,12+/m1/s1. The lowest BCUT2D eigenvalue weighted by atomic mass is 9.87. The molecule has 0 aliphatic carbocycles. The molecule has 1 heterocycles. The number of rotatable bonds is 4. The molecule has 0 radical (unpaired) electrons. The van der Waals surface area contributed by atoms with Gasteiger partial charge in [-0.2, -0.15) is 0 Å². The Bertz CT molecular complexity index is 327. The molecule has 6 heteroatoms. The number of hydrogen-bond acceptors (Lipinski definition) is 6. The Morgan fingerprint density at radius 1 is 1.39 bits per heavy atom. The van der Waals surface area contributed by atoms with E-state index >= 15 is 0 Å². The number of ether oxygens (including phenoxy) is 2. The molecule has 4 N–H and O–H groups in total. The normalized spacial score (nSPS) is 41.8. The van der Waals surface area contributed by atoms with Crippen LogP contribution in [0.4, 0.5) is 0 Å². The van der Waals surface area contributed by atoms with Crippen LogP contribution in [-0.2, 0) is 9.47 Å². The average Bonchev–Trinajstić information content (AvgIpc) is 2.40. The second-order valence-corrected chi connectivity index (χ2v) is 4.08. The predicted molar refractivity (Wildman–Crippen MR) is 63.7 cm³/mol. The van der Waals surface area contributed by atoms with Gasteiger partial charge in [0.15, 0.2) is 0 Å². The summed E-state index contributed by atoms with van der Waals surface area (Å²) in [5.41, 5.74) is 0.405. The summed E-state index contributed by atoms with van der Waals surface area (Å²) in [6, 6.07) is 0. The lowest BCUT2D eigenvalue weighted by Gasteiger charge is -2.48. The first-order valence-corrected chi connectivity index (χ1v) is 5.65. The van der Waals surface area contributed by atoms with Gasteiger partial charge in [0.1, 0.15) is 24.4 Å². The third kappa shape index (κ3) is 2.23. The molecule has 6 nitrogen and oxygen atoms in total. The summed E-state index contributed by atoms with van der Waals surface area (Å²) >= 11 is 0. The highest BCUT2D eigenvalue weighted by atomic mass is 16.7. The van der Waals surface area contributed by atoms with Gasteiger partial charge in [0.05, 0.1) is 6.61 Å². The predicted octanol–water partition coefficient (Wildman–Crippen LogP) is -1.06. The van der Waals surface area contributed by atoms with E-state index in [0.29, 0.717) is 5.57 Å². The van der Waals surface area contributed by atoms with Crippen LogP contribution in [0.25, 0.3) is 0 Å². The van der Waals surface area contributed by atoms with Crippen molar-refractivity contribution in [2.24, 2.45) is 0 Å². The molecule has 0 aromatic carbocycles. The minimum Gasteiger partial charge on any atom is -0.394 e. The maximum absolute atomic E-state index is 10.1. The van der Waals surface area contributed by atoms with Gasteiger partial charge in [-0.3, -0.25) is 0 Å². The van der Waals surface area contributed by atoms with Gasteiger partial charge in [0.2, 0.25) is 5.79 Å². The Labute approximate surface area is 106 Å². The van der Waals surface area contributed by atoms with E-state index in [2.05, 4.69) is 6.58 Å². The maximum atomic E-state index is 10.1. The Balaban J connectivity index is 3.21. The Hall–Kier alpha value is -0.760. The van der Waals surface area contributed by atoms with E-state index in [1.54, 1.807) is 13.0 Å². The summed E-state index contributed by atoms with van der Waals surface area (Å²) in [6.45, 7) is 4.77. The van der Waals surface area contributed by atoms with Gasteiger partial charge in [-0.25, -0.2) is 0 Å². The molecule has 0 saturated carbocycles. The summed E-state index contributed by atoms with van der Waals surface area (Å²) in [4.78, 5) is 0. The highest BCUT2D eigenvalue weighted by Crippen LogP contribution is 2.36. The molecule has 1 aliphatic heterocycles. The van der Waals surface area contributed by atoms with E-state index in [1.807, 2.05) is 0 Å². The molecule has 0 aromatic rings. The molecule has 0 unspecified atom stereocenters. The quantitative estimate of drug-likeness (QED) is 0.481. The van der Waals surface area contributed by atoms with E-state index in [0.717, 1.165) is 0 Å². The average molecular weight is 260 g/mol. The van der Waals surface area contributed by atoms with Crippen LogP contribution in [0.2, 0.25) is 0 Å².